The second-order valence-corrected chi connectivity index (χ2v) is 6.24. The summed E-state index contributed by atoms with van der Waals surface area (Å²) in [5.74, 6) is 0.801. The van der Waals surface area contributed by atoms with Gasteiger partial charge in [-0.25, -0.2) is 9.97 Å². The second kappa shape index (κ2) is 6.75. The smallest absolute Gasteiger partial charge is 0.224 e. The van der Waals surface area contributed by atoms with Crippen molar-refractivity contribution in [3.05, 3.63) is 76.7 Å². The molecule has 0 saturated heterocycles. The van der Waals surface area contributed by atoms with Crippen LogP contribution >= 0.6 is 23.2 Å². The van der Waals surface area contributed by atoms with Crippen LogP contribution in [0.2, 0.25) is 10.4 Å². The monoisotopic (exact) mass is 369 g/mol. The van der Waals surface area contributed by atoms with E-state index in [1.54, 1.807) is 6.07 Å². The fraction of sp³-hybridized carbons (Fsp3) is 0.0526. The number of fused-ring (bicyclic) bond motifs is 1. The Balaban J connectivity index is 1.68. The molecule has 4 nitrogen and oxygen atoms in total. The number of aromatic nitrogens is 3. The summed E-state index contributed by atoms with van der Waals surface area (Å²) in [4.78, 5) is 11.4. The molecule has 2 heterocycles. The molecule has 0 aliphatic heterocycles. The average molecular weight is 370 g/mol. The van der Waals surface area contributed by atoms with Crippen LogP contribution in [0.1, 0.15) is 5.56 Å². The summed E-state index contributed by atoms with van der Waals surface area (Å²) in [5, 5.41) is 1.38. The third-order valence-electron chi connectivity index (χ3n) is 3.80. The molecule has 25 heavy (non-hydrogen) atoms. The van der Waals surface area contributed by atoms with Crippen LogP contribution in [0.15, 0.2) is 60.7 Å². The maximum absolute atomic E-state index is 6.00. The van der Waals surface area contributed by atoms with E-state index < -0.39 is 0 Å². The van der Waals surface area contributed by atoms with E-state index in [1.165, 1.54) is 0 Å². The van der Waals surface area contributed by atoms with Crippen LogP contribution in [-0.2, 0) is 6.61 Å². The highest BCUT2D eigenvalue weighted by atomic mass is 35.5. The number of benzene rings is 2. The van der Waals surface area contributed by atoms with Gasteiger partial charge in [0.2, 0.25) is 5.28 Å². The van der Waals surface area contributed by atoms with Crippen molar-refractivity contribution >= 4 is 34.1 Å². The van der Waals surface area contributed by atoms with Gasteiger partial charge < -0.3 is 9.72 Å². The summed E-state index contributed by atoms with van der Waals surface area (Å²) in [6.07, 6.45) is 0. The Morgan fingerprint density at radius 1 is 0.920 bits per heavy atom. The van der Waals surface area contributed by atoms with Crippen molar-refractivity contribution in [2.45, 2.75) is 6.61 Å². The highest BCUT2D eigenvalue weighted by Crippen LogP contribution is 2.31. The molecule has 0 spiro atoms. The first-order valence-electron chi connectivity index (χ1n) is 7.68. The standard InChI is InChI=1S/C19H13Cl2N3O/c20-18-10-16(23-19(21)24-18)15-9-13-14(22-15)7-4-8-17(13)25-11-12-5-2-1-3-6-12/h1-10,22H,11H2. The van der Waals surface area contributed by atoms with Gasteiger partial charge in [0, 0.05) is 17.0 Å². The van der Waals surface area contributed by atoms with E-state index in [1.807, 2.05) is 54.6 Å². The zero-order valence-electron chi connectivity index (χ0n) is 13.0. The van der Waals surface area contributed by atoms with Crippen LogP contribution in [0.4, 0.5) is 0 Å². The van der Waals surface area contributed by atoms with E-state index in [-0.39, 0.29) is 5.28 Å². The zero-order valence-corrected chi connectivity index (χ0v) is 14.6. The van der Waals surface area contributed by atoms with Gasteiger partial charge >= 0.3 is 0 Å². The third kappa shape index (κ3) is 3.45. The molecular formula is C19H13Cl2N3O. The molecule has 4 rings (SSSR count). The average Bonchev–Trinajstić information content (AvgIpc) is 3.05. The number of hydrogen-bond acceptors (Lipinski definition) is 3. The summed E-state index contributed by atoms with van der Waals surface area (Å²) in [5.41, 5.74) is 3.50. The lowest BCUT2D eigenvalue weighted by Crippen LogP contribution is -1.94. The Labute approximate surface area is 154 Å². The minimum atomic E-state index is 0.113. The van der Waals surface area contributed by atoms with E-state index in [4.69, 9.17) is 27.9 Å². The molecule has 0 radical (unpaired) electrons. The summed E-state index contributed by atoms with van der Waals surface area (Å²) in [7, 11) is 0. The number of H-pyrrole nitrogens is 1. The van der Waals surface area contributed by atoms with E-state index >= 15 is 0 Å². The first-order valence-corrected chi connectivity index (χ1v) is 8.43. The van der Waals surface area contributed by atoms with Crippen molar-refractivity contribution in [3.8, 4) is 17.1 Å². The predicted molar refractivity (Wildman–Crippen MR) is 100 cm³/mol. The van der Waals surface area contributed by atoms with Gasteiger partial charge in [0.25, 0.3) is 0 Å². The van der Waals surface area contributed by atoms with Crippen LogP contribution < -0.4 is 4.74 Å². The van der Waals surface area contributed by atoms with Gasteiger partial charge in [-0.2, -0.15) is 0 Å². The Morgan fingerprint density at radius 3 is 2.56 bits per heavy atom. The molecule has 0 unspecified atom stereocenters. The normalized spacial score (nSPS) is 11.0. The third-order valence-corrected chi connectivity index (χ3v) is 4.17. The number of rotatable bonds is 4. The largest absolute Gasteiger partial charge is 0.488 e. The topological polar surface area (TPSA) is 50.8 Å². The maximum Gasteiger partial charge on any atom is 0.224 e. The van der Waals surface area contributed by atoms with Crippen molar-refractivity contribution in [1.29, 1.82) is 0 Å². The van der Waals surface area contributed by atoms with Crippen LogP contribution in [0.25, 0.3) is 22.3 Å². The van der Waals surface area contributed by atoms with E-state index in [0.717, 1.165) is 27.9 Å². The molecular weight excluding hydrogens is 357 g/mol. The molecule has 0 aliphatic carbocycles. The second-order valence-electron chi connectivity index (χ2n) is 5.52. The molecule has 124 valence electrons. The summed E-state index contributed by atoms with van der Waals surface area (Å²) < 4.78 is 6.00. The Morgan fingerprint density at radius 2 is 1.76 bits per heavy atom. The Kier molecular flexibility index (Phi) is 4.30. The lowest BCUT2D eigenvalue weighted by Gasteiger charge is -2.07. The van der Waals surface area contributed by atoms with Crippen molar-refractivity contribution in [2.75, 3.05) is 0 Å². The van der Waals surface area contributed by atoms with E-state index in [0.29, 0.717) is 17.5 Å². The maximum atomic E-state index is 6.00. The van der Waals surface area contributed by atoms with Gasteiger partial charge in [0.1, 0.15) is 17.5 Å². The molecule has 1 N–H and O–H groups in total. The molecule has 0 aliphatic rings. The number of nitrogens with one attached hydrogen (secondary N) is 1. The molecule has 2 aromatic heterocycles. The van der Waals surface area contributed by atoms with Gasteiger partial charge in [-0.15, -0.1) is 0 Å². The quantitative estimate of drug-likeness (QED) is 0.381. The van der Waals surface area contributed by atoms with Crippen molar-refractivity contribution in [3.63, 3.8) is 0 Å². The molecule has 0 saturated carbocycles. The number of ether oxygens (including phenoxy) is 1. The fourth-order valence-electron chi connectivity index (χ4n) is 2.65. The summed E-state index contributed by atoms with van der Waals surface area (Å²) in [6.45, 7) is 0.506. The van der Waals surface area contributed by atoms with E-state index in [2.05, 4.69) is 15.0 Å². The molecule has 2 aromatic carbocycles. The van der Waals surface area contributed by atoms with E-state index in [9.17, 15) is 0 Å². The lowest BCUT2D eigenvalue weighted by molar-refractivity contribution is 0.310. The van der Waals surface area contributed by atoms with Crippen LogP contribution in [0.5, 0.6) is 5.75 Å². The van der Waals surface area contributed by atoms with Crippen LogP contribution in [0.3, 0.4) is 0 Å². The molecule has 0 fully saturated rings. The minimum absolute atomic E-state index is 0.113. The molecule has 0 bridgehead atoms. The SMILES string of the molecule is Clc1cc(-c2cc3c(OCc4ccccc4)cccc3[nH]2)nc(Cl)n1. The van der Waals surface area contributed by atoms with Crippen LogP contribution in [-0.4, -0.2) is 15.0 Å². The summed E-state index contributed by atoms with van der Waals surface area (Å²) >= 11 is 11.9. The Bertz CT molecular complexity index is 1010. The first kappa shape index (κ1) is 15.9. The molecule has 6 heteroatoms. The lowest BCUT2D eigenvalue weighted by atomic mass is 10.2. The summed E-state index contributed by atoms with van der Waals surface area (Å²) in [6, 6.07) is 19.6. The van der Waals surface area contributed by atoms with Gasteiger partial charge in [-0.1, -0.05) is 48.0 Å². The zero-order chi connectivity index (χ0) is 17.2. The number of halogens is 2. The van der Waals surface area contributed by atoms with Gasteiger partial charge in [0.15, 0.2) is 0 Å². The highest BCUT2D eigenvalue weighted by molar-refractivity contribution is 6.32. The number of hydrogen-bond donors (Lipinski definition) is 1. The van der Waals surface area contributed by atoms with Crippen molar-refractivity contribution in [2.24, 2.45) is 0 Å². The highest BCUT2D eigenvalue weighted by Gasteiger charge is 2.11. The van der Waals surface area contributed by atoms with Gasteiger partial charge in [0.05, 0.1) is 11.4 Å². The van der Waals surface area contributed by atoms with Gasteiger partial charge in [-0.3, -0.25) is 0 Å². The molecule has 0 amide bonds. The fourth-order valence-corrected chi connectivity index (χ4v) is 3.06. The van der Waals surface area contributed by atoms with Gasteiger partial charge in [-0.05, 0) is 35.4 Å². The number of nitrogens with zero attached hydrogens (tertiary/aromatic N) is 2. The van der Waals surface area contributed by atoms with Crippen molar-refractivity contribution < 1.29 is 4.74 Å². The first-order chi connectivity index (χ1) is 12.2. The van der Waals surface area contributed by atoms with Crippen LogP contribution in [0, 0.1) is 0 Å². The minimum Gasteiger partial charge on any atom is -0.488 e. The Hall–Kier alpha value is -2.56. The number of aromatic amines is 1. The predicted octanol–water partition coefficient (Wildman–Crippen LogP) is 5.51. The molecule has 0 atom stereocenters. The molecule has 4 aromatic rings. The van der Waals surface area contributed by atoms with Crippen molar-refractivity contribution in [1.82, 2.24) is 15.0 Å².